The lowest BCUT2D eigenvalue weighted by molar-refractivity contribution is 0.354. The van der Waals surface area contributed by atoms with Gasteiger partial charge in [-0.1, -0.05) is 6.07 Å². The number of rotatable bonds is 5. The van der Waals surface area contributed by atoms with Crippen molar-refractivity contribution in [3.8, 4) is 11.5 Å². The normalized spacial score (nSPS) is 12.2. The minimum Gasteiger partial charge on any atom is -0.493 e. The van der Waals surface area contributed by atoms with E-state index in [0.29, 0.717) is 0 Å². The molecule has 0 N–H and O–H groups in total. The largest absolute Gasteiger partial charge is 0.493 e. The van der Waals surface area contributed by atoms with E-state index >= 15 is 0 Å². The van der Waals surface area contributed by atoms with Gasteiger partial charge in [0, 0.05) is 14.2 Å². The molecule has 20 heavy (non-hydrogen) atoms. The van der Waals surface area contributed by atoms with Crippen LogP contribution in [0.15, 0.2) is 28.7 Å². The zero-order valence-corrected chi connectivity index (χ0v) is 14.7. The summed E-state index contributed by atoms with van der Waals surface area (Å²) in [4.78, 5) is 2.42. The van der Waals surface area contributed by atoms with E-state index < -0.39 is 0 Å². The molecule has 2 rings (SSSR count). The zero-order chi connectivity index (χ0) is 14.7. The van der Waals surface area contributed by atoms with Gasteiger partial charge in [0.25, 0.3) is 0 Å². The van der Waals surface area contributed by atoms with Gasteiger partial charge in [0.2, 0.25) is 0 Å². The Hall–Kier alpha value is -0.710. The van der Waals surface area contributed by atoms with Crippen LogP contribution in [0.1, 0.15) is 20.7 Å². The number of benzene rings is 1. The first kappa shape index (κ1) is 15.7. The third kappa shape index (κ3) is 3.48. The van der Waals surface area contributed by atoms with Crippen LogP contribution in [0.2, 0.25) is 0 Å². The third-order valence-corrected chi connectivity index (χ3v) is 5.57. The molecule has 1 heterocycles. The summed E-state index contributed by atoms with van der Waals surface area (Å²) in [5, 5.41) is -0.0545. The number of ether oxygens (including phenoxy) is 2. The van der Waals surface area contributed by atoms with Crippen LogP contribution in [-0.4, -0.2) is 14.2 Å². The highest BCUT2D eigenvalue weighted by molar-refractivity contribution is 9.10. The zero-order valence-electron chi connectivity index (χ0n) is 11.6. The Labute approximate surface area is 136 Å². The Morgan fingerprint density at radius 3 is 2.45 bits per heavy atom. The Kier molecular flexibility index (Phi) is 5.35. The van der Waals surface area contributed by atoms with Gasteiger partial charge in [0.15, 0.2) is 11.5 Å². The van der Waals surface area contributed by atoms with Crippen molar-refractivity contribution in [2.45, 2.75) is 18.7 Å². The molecule has 0 aliphatic rings. The first-order chi connectivity index (χ1) is 9.55. The van der Waals surface area contributed by atoms with Gasteiger partial charge < -0.3 is 9.47 Å². The number of halogens is 2. The fraction of sp³-hybridized carbons (Fsp3) is 0.333. The molecule has 1 aromatic heterocycles. The molecule has 0 amide bonds. The highest BCUT2D eigenvalue weighted by Crippen LogP contribution is 2.38. The maximum absolute atomic E-state index is 6.54. The van der Waals surface area contributed by atoms with E-state index in [9.17, 15) is 0 Å². The highest BCUT2D eigenvalue weighted by Gasteiger charge is 2.16. The van der Waals surface area contributed by atoms with Crippen LogP contribution in [0.25, 0.3) is 0 Å². The van der Waals surface area contributed by atoms with E-state index in [1.165, 1.54) is 9.75 Å². The lowest BCUT2D eigenvalue weighted by Gasteiger charge is -2.12. The SMILES string of the molecule is COc1ccc(CC(Cl)c2sc(C)cc2Br)cc1OC. The van der Waals surface area contributed by atoms with E-state index in [-0.39, 0.29) is 5.38 Å². The highest BCUT2D eigenvalue weighted by atomic mass is 79.9. The van der Waals surface area contributed by atoms with Crippen LogP contribution in [-0.2, 0) is 6.42 Å². The minimum atomic E-state index is -0.0545. The molecule has 1 unspecified atom stereocenters. The van der Waals surface area contributed by atoms with E-state index in [0.717, 1.165) is 28.0 Å². The quantitative estimate of drug-likeness (QED) is 0.655. The summed E-state index contributed by atoms with van der Waals surface area (Å²) < 4.78 is 11.6. The number of hydrogen-bond donors (Lipinski definition) is 0. The lowest BCUT2D eigenvalue weighted by Crippen LogP contribution is -1.97. The van der Waals surface area contributed by atoms with E-state index in [4.69, 9.17) is 21.1 Å². The van der Waals surface area contributed by atoms with Crippen molar-refractivity contribution in [1.82, 2.24) is 0 Å². The number of hydrogen-bond acceptors (Lipinski definition) is 3. The topological polar surface area (TPSA) is 18.5 Å². The van der Waals surface area contributed by atoms with Gasteiger partial charge in [0.05, 0.1) is 19.6 Å². The van der Waals surface area contributed by atoms with Gasteiger partial charge in [-0.25, -0.2) is 0 Å². The average molecular weight is 376 g/mol. The monoisotopic (exact) mass is 374 g/mol. The standard InChI is InChI=1S/C15H16BrClO2S/c1-9-6-11(16)15(20-9)12(17)7-10-4-5-13(18-2)14(8-10)19-3/h4-6,8,12H,7H2,1-3H3. The Balaban J connectivity index is 2.19. The van der Waals surface area contributed by atoms with Gasteiger partial charge in [-0.15, -0.1) is 22.9 Å². The van der Waals surface area contributed by atoms with Crippen LogP contribution in [0.5, 0.6) is 11.5 Å². The average Bonchev–Trinajstić information content (AvgIpc) is 2.77. The molecule has 0 aliphatic carbocycles. The van der Waals surface area contributed by atoms with Crippen molar-refractivity contribution in [3.63, 3.8) is 0 Å². The van der Waals surface area contributed by atoms with Crippen molar-refractivity contribution in [1.29, 1.82) is 0 Å². The molecule has 0 aliphatic heterocycles. The molecule has 1 aromatic carbocycles. The van der Waals surface area contributed by atoms with Gasteiger partial charge in [-0.2, -0.15) is 0 Å². The predicted molar refractivity (Wildman–Crippen MR) is 88.6 cm³/mol. The molecule has 0 saturated carbocycles. The van der Waals surface area contributed by atoms with Gasteiger partial charge in [-0.05, 0) is 53.0 Å². The summed E-state index contributed by atoms with van der Waals surface area (Å²) in [7, 11) is 3.27. The first-order valence-electron chi connectivity index (χ1n) is 6.16. The number of aryl methyl sites for hydroxylation is 1. The van der Waals surface area contributed by atoms with Gasteiger partial charge in [0.1, 0.15) is 0 Å². The second-order valence-corrected chi connectivity index (χ2v) is 7.10. The molecule has 2 aromatic rings. The van der Waals surface area contributed by atoms with Crippen molar-refractivity contribution in [2.75, 3.05) is 14.2 Å². The second-order valence-electron chi connectivity index (χ2n) is 4.43. The van der Waals surface area contributed by atoms with E-state index in [1.54, 1.807) is 25.6 Å². The van der Waals surface area contributed by atoms with Crippen LogP contribution in [0, 0.1) is 6.92 Å². The Bertz CT molecular complexity index is 598. The number of methoxy groups -OCH3 is 2. The van der Waals surface area contributed by atoms with E-state index in [1.807, 2.05) is 18.2 Å². The third-order valence-electron chi connectivity index (χ3n) is 2.98. The molecule has 1 atom stereocenters. The number of thiophene rings is 1. The van der Waals surface area contributed by atoms with Crippen LogP contribution < -0.4 is 9.47 Å². The molecule has 0 fully saturated rings. The summed E-state index contributed by atoms with van der Waals surface area (Å²) >= 11 is 11.8. The fourth-order valence-corrected chi connectivity index (χ4v) is 4.49. The molecule has 2 nitrogen and oxygen atoms in total. The molecule has 0 radical (unpaired) electrons. The van der Waals surface area contributed by atoms with Crippen LogP contribution in [0.4, 0.5) is 0 Å². The second kappa shape index (κ2) is 6.83. The maximum Gasteiger partial charge on any atom is 0.160 e. The van der Waals surface area contributed by atoms with Gasteiger partial charge in [-0.3, -0.25) is 0 Å². The van der Waals surface area contributed by atoms with E-state index in [2.05, 4.69) is 28.9 Å². The first-order valence-corrected chi connectivity index (χ1v) is 8.20. The maximum atomic E-state index is 6.54. The summed E-state index contributed by atoms with van der Waals surface area (Å²) in [6.07, 6.45) is 0.750. The summed E-state index contributed by atoms with van der Waals surface area (Å²) in [6, 6.07) is 8.00. The summed E-state index contributed by atoms with van der Waals surface area (Å²) in [5.41, 5.74) is 1.13. The number of alkyl halides is 1. The molecule has 0 spiro atoms. The van der Waals surface area contributed by atoms with Crippen molar-refractivity contribution >= 4 is 38.9 Å². The van der Waals surface area contributed by atoms with Crippen molar-refractivity contribution < 1.29 is 9.47 Å². The smallest absolute Gasteiger partial charge is 0.160 e. The Morgan fingerprint density at radius 2 is 1.90 bits per heavy atom. The molecule has 5 heteroatoms. The van der Waals surface area contributed by atoms with Crippen molar-refractivity contribution in [2.24, 2.45) is 0 Å². The molecular weight excluding hydrogens is 360 g/mol. The summed E-state index contributed by atoms with van der Waals surface area (Å²) in [5.74, 6) is 1.46. The molecule has 0 bridgehead atoms. The molecule has 0 saturated heterocycles. The molecular formula is C15H16BrClO2S. The lowest BCUT2D eigenvalue weighted by atomic mass is 10.1. The van der Waals surface area contributed by atoms with Crippen LogP contribution in [0.3, 0.4) is 0 Å². The fourth-order valence-electron chi connectivity index (χ4n) is 2.02. The minimum absolute atomic E-state index is 0.0545. The molecule has 108 valence electrons. The Morgan fingerprint density at radius 1 is 1.20 bits per heavy atom. The van der Waals surface area contributed by atoms with Gasteiger partial charge >= 0.3 is 0 Å². The van der Waals surface area contributed by atoms with Crippen molar-refractivity contribution in [3.05, 3.63) is 44.1 Å². The van der Waals surface area contributed by atoms with Crippen LogP contribution >= 0.6 is 38.9 Å². The summed E-state index contributed by atoms with van der Waals surface area (Å²) in [6.45, 7) is 2.08. The predicted octanol–water partition coefficient (Wildman–Crippen LogP) is 5.36.